The molecule has 1 aliphatic heterocycles. The summed E-state index contributed by atoms with van der Waals surface area (Å²) in [4.78, 5) is 16.2. The average molecular weight is 254 g/mol. The van der Waals surface area contributed by atoms with Crippen molar-refractivity contribution in [3.63, 3.8) is 0 Å². The Morgan fingerprint density at radius 1 is 1.53 bits per heavy atom. The third-order valence-corrected chi connectivity index (χ3v) is 3.00. The number of carbonyl (C=O) groups excluding carboxylic acids is 1. The van der Waals surface area contributed by atoms with Crippen LogP contribution in [0.5, 0.6) is 0 Å². The number of hydrogen-bond acceptors (Lipinski definition) is 3. The van der Waals surface area contributed by atoms with Gasteiger partial charge in [0.15, 0.2) is 0 Å². The zero-order valence-electron chi connectivity index (χ0n) is 9.88. The van der Waals surface area contributed by atoms with Crippen LogP contribution in [0.25, 0.3) is 0 Å². The summed E-state index contributed by atoms with van der Waals surface area (Å²) in [5, 5.41) is 3.40. The van der Waals surface area contributed by atoms with Gasteiger partial charge in [-0.1, -0.05) is 0 Å². The lowest BCUT2D eigenvalue weighted by atomic mass is 9.87. The molecule has 17 heavy (non-hydrogen) atoms. The topological polar surface area (TPSA) is 41.6 Å². The van der Waals surface area contributed by atoms with Gasteiger partial charge in [0.25, 0.3) is 0 Å². The van der Waals surface area contributed by atoms with E-state index in [1.54, 1.807) is 0 Å². The Labute approximate surface area is 98.1 Å². The molecule has 1 fully saturated rings. The molecule has 0 aromatic rings. The Bertz CT molecular complexity index is 271. The molecular formula is C10H17F3N2O2. The highest BCUT2D eigenvalue weighted by atomic mass is 19.4. The van der Waals surface area contributed by atoms with Gasteiger partial charge in [0.05, 0.1) is 7.11 Å². The Morgan fingerprint density at radius 3 is 2.71 bits per heavy atom. The van der Waals surface area contributed by atoms with E-state index in [-0.39, 0.29) is 6.42 Å². The maximum Gasteiger partial charge on any atom is 0.404 e. The van der Waals surface area contributed by atoms with Crippen LogP contribution in [0.15, 0.2) is 0 Å². The van der Waals surface area contributed by atoms with Crippen molar-refractivity contribution in [2.24, 2.45) is 5.92 Å². The van der Waals surface area contributed by atoms with Gasteiger partial charge in [-0.2, -0.15) is 13.2 Å². The van der Waals surface area contributed by atoms with Gasteiger partial charge in [-0.15, -0.1) is 0 Å². The first-order chi connectivity index (χ1) is 7.86. The molecule has 0 aromatic heterocycles. The number of nitrogens with one attached hydrogen (secondary N) is 1. The SMILES string of the molecule is CON(C)C(=O)C[C@H]1CCCN[C@@H]1C(F)(F)F. The summed E-state index contributed by atoms with van der Waals surface area (Å²) in [7, 11) is 2.69. The van der Waals surface area contributed by atoms with Crippen molar-refractivity contribution in [2.75, 3.05) is 20.7 Å². The zero-order valence-corrected chi connectivity index (χ0v) is 9.88. The highest BCUT2D eigenvalue weighted by Crippen LogP contribution is 2.32. The highest BCUT2D eigenvalue weighted by molar-refractivity contribution is 5.75. The Morgan fingerprint density at radius 2 is 2.18 bits per heavy atom. The summed E-state index contributed by atoms with van der Waals surface area (Å²) < 4.78 is 38.1. The molecule has 7 heteroatoms. The fraction of sp³-hybridized carbons (Fsp3) is 0.900. The van der Waals surface area contributed by atoms with Gasteiger partial charge in [-0.3, -0.25) is 9.63 Å². The summed E-state index contributed by atoms with van der Waals surface area (Å²) >= 11 is 0. The van der Waals surface area contributed by atoms with Crippen molar-refractivity contribution in [1.29, 1.82) is 0 Å². The number of hydroxylamine groups is 2. The van der Waals surface area contributed by atoms with E-state index in [1.807, 2.05) is 0 Å². The van der Waals surface area contributed by atoms with Crippen LogP contribution in [0, 0.1) is 5.92 Å². The quantitative estimate of drug-likeness (QED) is 0.772. The number of rotatable bonds is 3. The van der Waals surface area contributed by atoms with E-state index < -0.39 is 24.0 Å². The van der Waals surface area contributed by atoms with Crippen molar-refractivity contribution in [3.8, 4) is 0 Å². The molecule has 0 aromatic carbocycles. The first kappa shape index (κ1) is 14.2. The molecule has 1 aliphatic rings. The number of carbonyl (C=O) groups is 1. The van der Waals surface area contributed by atoms with Gasteiger partial charge in [0.1, 0.15) is 6.04 Å². The lowest BCUT2D eigenvalue weighted by Crippen LogP contribution is -2.52. The van der Waals surface area contributed by atoms with Crippen LogP contribution in [-0.4, -0.2) is 43.9 Å². The fourth-order valence-electron chi connectivity index (χ4n) is 2.01. The van der Waals surface area contributed by atoms with E-state index >= 15 is 0 Å². The molecule has 0 saturated carbocycles. The highest BCUT2D eigenvalue weighted by Gasteiger charge is 2.46. The molecule has 1 rings (SSSR count). The second-order valence-corrected chi connectivity index (χ2v) is 4.15. The number of piperidine rings is 1. The first-order valence-electron chi connectivity index (χ1n) is 5.47. The van der Waals surface area contributed by atoms with Crippen LogP contribution in [0.4, 0.5) is 13.2 Å². The minimum Gasteiger partial charge on any atom is -0.306 e. The van der Waals surface area contributed by atoms with Gasteiger partial charge in [-0.05, 0) is 25.3 Å². The largest absolute Gasteiger partial charge is 0.404 e. The molecule has 100 valence electrons. The van der Waals surface area contributed by atoms with Crippen LogP contribution >= 0.6 is 0 Å². The second kappa shape index (κ2) is 5.68. The standard InChI is InChI=1S/C10H17F3N2O2/c1-15(17-2)8(16)6-7-4-3-5-14-9(7)10(11,12)13/h7,9,14H,3-6H2,1-2H3/t7-,9+/m1/s1. The molecular weight excluding hydrogens is 237 g/mol. The van der Waals surface area contributed by atoms with Crippen LogP contribution < -0.4 is 5.32 Å². The molecule has 0 bridgehead atoms. The van der Waals surface area contributed by atoms with Gasteiger partial charge >= 0.3 is 6.18 Å². The predicted molar refractivity (Wildman–Crippen MR) is 55.0 cm³/mol. The van der Waals surface area contributed by atoms with Crippen molar-refractivity contribution in [2.45, 2.75) is 31.5 Å². The summed E-state index contributed by atoms with van der Waals surface area (Å²) in [6.45, 7) is 0.342. The third-order valence-electron chi connectivity index (χ3n) is 3.00. The molecule has 1 N–H and O–H groups in total. The smallest absolute Gasteiger partial charge is 0.306 e. The molecule has 0 unspecified atom stereocenters. The van der Waals surface area contributed by atoms with Crippen LogP contribution in [0.1, 0.15) is 19.3 Å². The van der Waals surface area contributed by atoms with Crippen molar-refractivity contribution in [3.05, 3.63) is 0 Å². The number of halogens is 3. The van der Waals surface area contributed by atoms with Crippen molar-refractivity contribution < 1.29 is 22.8 Å². The molecule has 1 saturated heterocycles. The second-order valence-electron chi connectivity index (χ2n) is 4.15. The van der Waals surface area contributed by atoms with Gasteiger partial charge in [0, 0.05) is 13.5 Å². The summed E-state index contributed by atoms with van der Waals surface area (Å²) in [6.07, 6.45) is -3.40. The zero-order chi connectivity index (χ0) is 13.1. The van der Waals surface area contributed by atoms with Crippen molar-refractivity contribution >= 4 is 5.91 Å². The normalized spacial score (nSPS) is 25.7. The third kappa shape index (κ3) is 3.85. The number of hydrogen-bond donors (Lipinski definition) is 1. The predicted octanol–water partition coefficient (Wildman–Crippen LogP) is 1.33. The van der Waals surface area contributed by atoms with E-state index in [1.165, 1.54) is 14.2 Å². The number of alkyl halides is 3. The Hall–Kier alpha value is -0.820. The monoisotopic (exact) mass is 254 g/mol. The van der Waals surface area contributed by atoms with Crippen LogP contribution in [-0.2, 0) is 9.63 Å². The van der Waals surface area contributed by atoms with Crippen LogP contribution in [0.2, 0.25) is 0 Å². The van der Waals surface area contributed by atoms with Gasteiger partial charge < -0.3 is 5.32 Å². The summed E-state index contributed by atoms with van der Waals surface area (Å²) in [5.74, 6) is -1.15. The van der Waals surface area contributed by atoms with Gasteiger partial charge in [-0.25, -0.2) is 5.06 Å². The average Bonchev–Trinajstić information content (AvgIpc) is 2.27. The number of amides is 1. The minimum atomic E-state index is -4.31. The van der Waals surface area contributed by atoms with Gasteiger partial charge in [0.2, 0.25) is 5.91 Å². The maximum atomic E-state index is 12.7. The summed E-state index contributed by atoms with van der Waals surface area (Å²) in [5.41, 5.74) is 0. The number of nitrogens with zero attached hydrogens (tertiary/aromatic N) is 1. The molecule has 1 heterocycles. The van der Waals surface area contributed by atoms with E-state index in [4.69, 9.17) is 0 Å². The molecule has 0 radical (unpaired) electrons. The van der Waals surface area contributed by atoms with E-state index in [2.05, 4.69) is 10.2 Å². The minimum absolute atomic E-state index is 0.151. The Kier molecular flexibility index (Phi) is 4.76. The van der Waals surface area contributed by atoms with E-state index in [9.17, 15) is 18.0 Å². The molecule has 1 amide bonds. The molecule has 0 aliphatic carbocycles. The van der Waals surface area contributed by atoms with Crippen LogP contribution in [0.3, 0.4) is 0 Å². The Balaban J connectivity index is 2.63. The fourth-order valence-corrected chi connectivity index (χ4v) is 2.01. The lowest BCUT2D eigenvalue weighted by molar-refractivity contribution is -0.182. The van der Waals surface area contributed by atoms with E-state index in [0.29, 0.717) is 19.4 Å². The molecule has 2 atom stereocenters. The van der Waals surface area contributed by atoms with Crippen molar-refractivity contribution in [1.82, 2.24) is 10.4 Å². The summed E-state index contributed by atoms with van der Waals surface area (Å²) in [6, 6.07) is -1.59. The van der Waals surface area contributed by atoms with E-state index in [0.717, 1.165) is 5.06 Å². The molecule has 0 spiro atoms. The maximum absolute atomic E-state index is 12.7. The first-order valence-corrected chi connectivity index (χ1v) is 5.47. The lowest BCUT2D eigenvalue weighted by Gasteiger charge is -2.34. The molecule has 4 nitrogen and oxygen atoms in total.